The van der Waals surface area contributed by atoms with E-state index >= 15 is 0 Å². The van der Waals surface area contributed by atoms with Crippen LogP contribution in [0.1, 0.15) is 18.2 Å². The molecule has 2 aromatic heterocycles. The van der Waals surface area contributed by atoms with E-state index in [4.69, 9.17) is 9.26 Å². The highest BCUT2D eigenvalue weighted by Crippen LogP contribution is 2.32. The van der Waals surface area contributed by atoms with E-state index in [2.05, 4.69) is 15.1 Å². The third kappa shape index (κ3) is 2.96. The number of carbonyl (C=O) groups is 1. The number of benzene rings is 1. The van der Waals surface area contributed by atoms with Gasteiger partial charge in [-0.2, -0.15) is 4.98 Å². The number of hydrogen-bond donors (Lipinski definition) is 0. The van der Waals surface area contributed by atoms with Gasteiger partial charge >= 0.3 is 0 Å². The van der Waals surface area contributed by atoms with Gasteiger partial charge in [0, 0.05) is 36.6 Å². The SMILES string of the molecule is COc1ccc(N2C[C@@H](c3nc(-c4ccncc4)no3)CC2=O)cc1. The number of hydrogen-bond acceptors (Lipinski definition) is 6. The van der Waals surface area contributed by atoms with E-state index in [0.717, 1.165) is 17.0 Å². The van der Waals surface area contributed by atoms with E-state index in [-0.39, 0.29) is 11.8 Å². The lowest BCUT2D eigenvalue weighted by atomic mass is 10.1. The summed E-state index contributed by atoms with van der Waals surface area (Å²) in [6.45, 7) is 0.517. The molecule has 0 spiro atoms. The Bertz CT molecular complexity index is 877. The van der Waals surface area contributed by atoms with Crippen LogP contribution >= 0.6 is 0 Å². The molecule has 1 saturated heterocycles. The molecular formula is C18H16N4O3. The Morgan fingerprint density at radius 2 is 1.92 bits per heavy atom. The summed E-state index contributed by atoms with van der Waals surface area (Å²) in [5, 5.41) is 4.02. The second kappa shape index (κ2) is 6.35. The summed E-state index contributed by atoms with van der Waals surface area (Å²) in [5.74, 6) is 1.67. The predicted molar refractivity (Wildman–Crippen MR) is 90.2 cm³/mol. The first-order valence-corrected chi connectivity index (χ1v) is 7.93. The molecule has 0 aliphatic carbocycles. The maximum absolute atomic E-state index is 12.4. The van der Waals surface area contributed by atoms with Crippen molar-refractivity contribution in [2.45, 2.75) is 12.3 Å². The number of methoxy groups -OCH3 is 1. The average molecular weight is 336 g/mol. The third-order valence-corrected chi connectivity index (χ3v) is 4.24. The van der Waals surface area contributed by atoms with Gasteiger partial charge in [-0.1, -0.05) is 5.16 Å². The molecule has 1 atom stereocenters. The van der Waals surface area contributed by atoms with E-state index in [1.807, 2.05) is 36.4 Å². The second-order valence-corrected chi connectivity index (χ2v) is 5.80. The number of rotatable bonds is 4. The fourth-order valence-electron chi connectivity index (χ4n) is 2.90. The molecule has 0 unspecified atom stereocenters. The van der Waals surface area contributed by atoms with Crippen molar-refractivity contribution in [1.82, 2.24) is 15.1 Å². The largest absolute Gasteiger partial charge is 0.497 e. The summed E-state index contributed by atoms with van der Waals surface area (Å²) in [6, 6.07) is 11.1. The molecule has 3 heterocycles. The van der Waals surface area contributed by atoms with Crippen molar-refractivity contribution in [3.8, 4) is 17.1 Å². The highest BCUT2D eigenvalue weighted by molar-refractivity contribution is 5.96. The van der Waals surface area contributed by atoms with Gasteiger partial charge in [0.25, 0.3) is 0 Å². The molecule has 0 saturated carbocycles. The number of carbonyl (C=O) groups excluding carboxylic acids is 1. The quantitative estimate of drug-likeness (QED) is 0.728. The molecule has 3 aromatic rings. The van der Waals surface area contributed by atoms with Crippen LogP contribution in [0.2, 0.25) is 0 Å². The highest BCUT2D eigenvalue weighted by Gasteiger charge is 2.35. The van der Waals surface area contributed by atoms with Crippen molar-refractivity contribution in [2.24, 2.45) is 0 Å². The zero-order chi connectivity index (χ0) is 17.2. The number of pyridine rings is 1. The molecule has 0 bridgehead atoms. The normalized spacial score (nSPS) is 17.1. The van der Waals surface area contributed by atoms with Gasteiger partial charge in [-0.25, -0.2) is 0 Å². The zero-order valence-electron chi connectivity index (χ0n) is 13.6. The maximum Gasteiger partial charge on any atom is 0.232 e. The van der Waals surface area contributed by atoms with Gasteiger partial charge in [0.05, 0.1) is 13.0 Å². The minimum Gasteiger partial charge on any atom is -0.497 e. The van der Waals surface area contributed by atoms with Gasteiger partial charge in [0.15, 0.2) is 0 Å². The Kier molecular flexibility index (Phi) is 3.89. The lowest BCUT2D eigenvalue weighted by Gasteiger charge is -2.16. The molecule has 1 aromatic carbocycles. The van der Waals surface area contributed by atoms with E-state index < -0.39 is 0 Å². The Balaban J connectivity index is 1.53. The Morgan fingerprint density at radius 3 is 2.64 bits per heavy atom. The standard InChI is InChI=1S/C18H16N4O3/c1-24-15-4-2-14(3-5-15)22-11-13(10-16(22)23)18-20-17(21-25-18)12-6-8-19-9-7-12/h2-9,13H,10-11H2,1H3/t13-/m0/s1. The maximum atomic E-state index is 12.4. The van der Waals surface area contributed by atoms with Crippen LogP contribution in [0.3, 0.4) is 0 Å². The molecular weight excluding hydrogens is 320 g/mol. The summed E-state index contributed by atoms with van der Waals surface area (Å²) in [4.78, 5) is 22.5. The first-order valence-electron chi connectivity index (χ1n) is 7.93. The summed E-state index contributed by atoms with van der Waals surface area (Å²) >= 11 is 0. The van der Waals surface area contributed by atoms with Gasteiger partial charge in [-0.3, -0.25) is 9.78 Å². The summed E-state index contributed by atoms with van der Waals surface area (Å²) in [7, 11) is 1.61. The molecule has 126 valence electrons. The molecule has 1 amide bonds. The first-order chi connectivity index (χ1) is 12.2. The number of nitrogens with zero attached hydrogens (tertiary/aromatic N) is 4. The minimum atomic E-state index is -0.113. The fraction of sp³-hybridized carbons (Fsp3) is 0.222. The first kappa shape index (κ1) is 15.3. The molecule has 0 radical (unpaired) electrons. The van der Waals surface area contributed by atoms with Crippen LogP contribution in [0.25, 0.3) is 11.4 Å². The zero-order valence-corrected chi connectivity index (χ0v) is 13.6. The van der Waals surface area contributed by atoms with Gasteiger partial charge < -0.3 is 14.2 Å². The van der Waals surface area contributed by atoms with E-state index in [1.54, 1.807) is 24.4 Å². The number of aromatic nitrogens is 3. The smallest absolute Gasteiger partial charge is 0.232 e. The predicted octanol–water partition coefficient (Wildman–Crippen LogP) is 2.66. The van der Waals surface area contributed by atoms with Crippen LogP contribution in [0.5, 0.6) is 5.75 Å². The lowest BCUT2D eigenvalue weighted by Crippen LogP contribution is -2.24. The monoisotopic (exact) mass is 336 g/mol. The molecule has 25 heavy (non-hydrogen) atoms. The third-order valence-electron chi connectivity index (χ3n) is 4.24. The van der Waals surface area contributed by atoms with Gasteiger partial charge in [0.2, 0.25) is 17.6 Å². The number of anilines is 1. The number of amides is 1. The molecule has 7 nitrogen and oxygen atoms in total. The van der Waals surface area contributed by atoms with Gasteiger partial charge in [-0.15, -0.1) is 0 Å². The van der Waals surface area contributed by atoms with E-state index in [0.29, 0.717) is 24.7 Å². The summed E-state index contributed by atoms with van der Waals surface area (Å²) in [6.07, 6.45) is 3.70. The Labute approximate surface area is 144 Å². The molecule has 4 rings (SSSR count). The molecule has 1 aliphatic rings. The van der Waals surface area contributed by atoms with Crippen molar-refractivity contribution in [2.75, 3.05) is 18.6 Å². The second-order valence-electron chi connectivity index (χ2n) is 5.80. The van der Waals surface area contributed by atoms with E-state index in [9.17, 15) is 4.79 Å². The molecule has 0 N–H and O–H groups in total. The Hall–Kier alpha value is -3.22. The minimum absolute atomic E-state index is 0.0406. The number of ether oxygens (including phenoxy) is 1. The molecule has 1 aliphatic heterocycles. The molecule has 1 fully saturated rings. The van der Waals surface area contributed by atoms with Crippen molar-refractivity contribution < 1.29 is 14.1 Å². The van der Waals surface area contributed by atoms with Gasteiger partial charge in [-0.05, 0) is 36.4 Å². The van der Waals surface area contributed by atoms with Gasteiger partial charge in [0.1, 0.15) is 5.75 Å². The van der Waals surface area contributed by atoms with E-state index in [1.165, 1.54) is 0 Å². The highest BCUT2D eigenvalue weighted by atomic mass is 16.5. The molecule has 7 heteroatoms. The average Bonchev–Trinajstić information content (AvgIpc) is 3.29. The lowest BCUT2D eigenvalue weighted by molar-refractivity contribution is -0.117. The van der Waals surface area contributed by atoms with Crippen molar-refractivity contribution in [3.63, 3.8) is 0 Å². The van der Waals surface area contributed by atoms with Crippen LogP contribution in [0, 0.1) is 0 Å². The van der Waals surface area contributed by atoms with Crippen LogP contribution in [0.4, 0.5) is 5.69 Å². The summed E-state index contributed by atoms with van der Waals surface area (Å²) in [5.41, 5.74) is 1.67. The van der Waals surface area contributed by atoms with Crippen molar-refractivity contribution in [3.05, 3.63) is 54.7 Å². The van der Waals surface area contributed by atoms with Crippen LogP contribution in [0.15, 0.2) is 53.3 Å². The van der Waals surface area contributed by atoms with Crippen LogP contribution in [-0.2, 0) is 4.79 Å². The summed E-state index contributed by atoms with van der Waals surface area (Å²) < 4.78 is 10.5. The Morgan fingerprint density at radius 1 is 1.16 bits per heavy atom. The topological polar surface area (TPSA) is 81.3 Å². The fourth-order valence-corrected chi connectivity index (χ4v) is 2.90. The van der Waals surface area contributed by atoms with Crippen LogP contribution < -0.4 is 9.64 Å². The van der Waals surface area contributed by atoms with Crippen molar-refractivity contribution >= 4 is 11.6 Å². The van der Waals surface area contributed by atoms with Crippen LogP contribution in [-0.4, -0.2) is 34.7 Å². The van der Waals surface area contributed by atoms with Crippen molar-refractivity contribution in [1.29, 1.82) is 0 Å².